The monoisotopic (exact) mass is 1140 g/mol. The molecular weight excluding hydrogens is 1070 g/mol. The molecular formula is C66H69N3O15. The Kier molecular flexibility index (Phi) is 21.9. The predicted octanol–water partition coefficient (Wildman–Crippen LogP) is 10.5. The van der Waals surface area contributed by atoms with Crippen LogP contribution in [0.25, 0.3) is 33.4 Å². The lowest BCUT2D eigenvalue weighted by Gasteiger charge is -2.29. The van der Waals surface area contributed by atoms with Gasteiger partial charge in [-0.15, -0.1) is 0 Å². The summed E-state index contributed by atoms with van der Waals surface area (Å²) in [5.41, 5.74) is 26.3. The third-order valence-electron chi connectivity index (χ3n) is 13.5. The molecule has 3 atom stereocenters. The van der Waals surface area contributed by atoms with Crippen LogP contribution in [0.4, 0.5) is 0 Å². The minimum atomic E-state index is -0.627. The smallest absolute Gasteiger partial charge is 0.340 e. The number of carbonyl (C=O) groups excluding carboxylic acids is 6. The van der Waals surface area contributed by atoms with Gasteiger partial charge in [0.05, 0.1) is 58.9 Å². The molecule has 0 aliphatic carbocycles. The van der Waals surface area contributed by atoms with Crippen LogP contribution in [0.3, 0.4) is 0 Å². The lowest BCUT2D eigenvalue weighted by molar-refractivity contribution is -0.145. The molecule has 0 bridgehead atoms. The van der Waals surface area contributed by atoms with E-state index in [1.165, 1.54) is 0 Å². The molecule has 3 unspecified atom stereocenters. The quantitative estimate of drug-likeness (QED) is 0.0533. The first-order valence-electron chi connectivity index (χ1n) is 27.7. The van der Waals surface area contributed by atoms with E-state index in [0.717, 1.165) is 38.9 Å². The summed E-state index contributed by atoms with van der Waals surface area (Å²) in [5, 5.41) is 0. The molecule has 0 spiro atoms. The molecule has 84 heavy (non-hydrogen) atoms. The van der Waals surface area contributed by atoms with Gasteiger partial charge in [0.1, 0.15) is 34.0 Å². The Morgan fingerprint density at radius 2 is 0.762 bits per heavy atom. The third-order valence-corrected chi connectivity index (χ3v) is 13.5. The van der Waals surface area contributed by atoms with Gasteiger partial charge in [0, 0.05) is 40.0 Å². The summed E-state index contributed by atoms with van der Waals surface area (Å²) >= 11 is 0. The zero-order valence-corrected chi connectivity index (χ0v) is 47.8. The number of benzene rings is 6. The summed E-state index contributed by atoms with van der Waals surface area (Å²) in [6.07, 6.45) is -0.0933. The van der Waals surface area contributed by atoms with Crippen LogP contribution in [0.5, 0.6) is 17.2 Å². The highest BCUT2D eigenvalue weighted by Gasteiger charge is 2.40. The Morgan fingerprint density at radius 1 is 0.369 bits per heavy atom. The van der Waals surface area contributed by atoms with E-state index in [-0.39, 0.29) is 93.3 Å². The van der Waals surface area contributed by atoms with E-state index in [1.807, 2.05) is 140 Å². The Labute approximate surface area is 488 Å². The largest absolute Gasteiger partial charge is 0.466 e. The number of para-hydroxylation sites is 1. The van der Waals surface area contributed by atoms with Gasteiger partial charge in [-0.3, -0.25) is 14.4 Å². The molecule has 3 aliphatic heterocycles. The number of rotatable bonds is 18. The molecule has 18 nitrogen and oxygen atoms in total. The SMILES string of the molecule is CCOC(=O)CC1C(C(=O)OCC)=C(N)Oc2c(-c3ccccc3)cccc21.CCOC(=O)CC1C(C(=O)OCC)=C(N)Oc2cc(-c3ccccc3)ccc21.CCOC(=O)CC1C(C(=O)OCC)=C(N)Oc2cccc(-c3ccccc3)c21. The van der Waals surface area contributed by atoms with E-state index in [9.17, 15) is 28.8 Å². The minimum absolute atomic E-state index is 0.0241. The number of esters is 6. The van der Waals surface area contributed by atoms with Crippen molar-refractivity contribution in [2.45, 2.75) is 78.6 Å². The summed E-state index contributed by atoms with van der Waals surface area (Å²) in [5.74, 6) is -3.44. The van der Waals surface area contributed by atoms with Crippen molar-refractivity contribution in [2.24, 2.45) is 17.2 Å². The van der Waals surface area contributed by atoms with Gasteiger partial charge in [-0.2, -0.15) is 0 Å². The van der Waals surface area contributed by atoms with Gasteiger partial charge in [0.2, 0.25) is 17.6 Å². The normalized spacial score (nSPS) is 15.4. The first-order chi connectivity index (χ1) is 40.7. The maximum absolute atomic E-state index is 12.6. The molecule has 18 heteroatoms. The second-order valence-electron chi connectivity index (χ2n) is 18.8. The highest BCUT2D eigenvalue weighted by atomic mass is 16.6. The highest BCUT2D eigenvalue weighted by Crippen LogP contribution is 2.48. The fourth-order valence-corrected chi connectivity index (χ4v) is 10.00. The molecule has 3 heterocycles. The van der Waals surface area contributed by atoms with Crippen LogP contribution in [0.15, 0.2) is 180 Å². The Bertz CT molecular complexity index is 3430. The Balaban J connectivity index is 0.000000181. The van der Waals surface area contributed by atoms with Gasteiger partial charge >= 0.3 is 35.8 Å². The number of ether oxygens (including phenoxy) is 9. The van der Waals surface area contributed by atoms with Crippen molar-refractivity contribution in [3.63, 3.8) is 0 Å². The molecule has 0 saturated heterocycles. The highest BCUT2D eigenvalue weighted by molar-refractivity contribution is 5.95. The van der Waals surface area contributed by atoms with Crippen molar-refractivity contribution in [3.05, 3.63) is 197 Å². The van der Waals surface area contributed by atoms with Gasteiger partial charge in [0.15, 0.2) is 0 Å². The summed E-state index contributed by atoms with van der Waals surface area (Å²) < 4.78 is 48.1. The van der Waals surface area contributed by atoms with Crippen molar-refractivity contribution >= 4 is 35.8 Å². The van der Waals surface area contributed by atoms with Crippen molar-refractivity contribution in [3.8, 4) is 50.6 Å². The lowest BCUT2D eigenvalue weighted by Crippen LogP contribution is -2.29. The van der Waals surface area contributed by atoms with Crippen LogP contribution in [-0.2, 0) is 57.2 Å². The van der Waals surface area contributed by atoms with E-state index < -0.39 is 53.6 Å². The molecule has 0 fully saturated rings. The molecule has 6 aromatic carbocycles. The van der Waals surface area contributed by atoms with E-state index in [1.54, 1.807) is 47.6 Å². The molecule has 6 aromatic rings. The molecule has 438 valence electrons. The average molecular weight is 1140 g/mol. The summed E-state index contributed by atoms with van der Waals surface area (Å²) in [4.78, 5) is 74.3. The Hall–Kier alpha value is -9.84. The summed E-state index contributed by atoms with van der Waals surface area (Å²) in [6.45, 7) is 11.7. The van der Waals surface area contributed by atoms with Gasteiger partial charge in [0.25, 0.3) is 0 Å². The summed E-state index contributed by atoms with van der Waals surface area (Å²) in [6, 6.07) is 46.0. The summed E-state index contributed by atoms with van der Waals surface area (Å²) in [7, 11) is 0. The van der Waals surface area contributed by atoms with E-state index in [0.29, 0.717) is 28.4 Å². The standard InChI is InChI=1S/3C22H23NO5/c1-3-26-18(24)13-16-19-15(14-9-6-5-7-10-14)11-8-12-17(19)28-21(23)20(16)22(25)27-4-2;1-3-26-18(24)13-17-16-12-8-11-15(14-9-6-5-7-10-14)20(16)28-21(23)19(17)22(25)27-4-2;1-3-26-19(24)13-17-16-11-10-15(14-8-6-5-7-9-14)12-18(16)28-21(23)20(17)22(25)27-4-2/h5-12,16H,3-4,13,23H2,1-2H3;2*5-12,17H,3-4,13,23H2,1-2H3. The van der Waals surface area contributed by atoms with E-state index in [4.69, 9.17) is 59.8 Å². The fourth-order valence-electron chi connectivity index (χ4n) is 10.00. The lowest BCUT2D eigenvalue weighted by atomic mass is 9.81. The molecule has 0 aromatic heterocycles. The van der Waals surface area contributed by atoms with Crippen molar-refractivity contribution < 1.29 is 71.4 Å². The molecule has 9 rings (SSSR count). The number of carbonyl (C=O) groups is 6. The fraction of sp³-hybridized carbons (Fsp3) is 0.273. The molecule has 0 radical (unpaired) electrons. The molecule has 3 aliphatic rings. The number of hydrogen-bond donors (Lipinski definition) is 3. The zero-order valence-electron chi connectivity index (χ0n) is 47.8. The molecule has 0 saturated carbocycles. The second-order valence-corrected chi connectivity index (χ2v) is 18.8. The van der Waals surface area contributed by atoms with Crippen LogP contribution in [0.2, 0.25) is 0 Å². The first kappa shape index (κ1) is 61.8. The van der Waals surface area contributed by atoms with E-state index >= 15 is 0 Å². The first-order valence-corrected chi connectivity index (χ1v) is 27.7. The number of fused-ring (bicyclic) bond motifs is 3. The van der Waals surface area contributed by atoms with Crippen LogP contribution >= 0.6 is 0 Å². The number of hydrogen-bond acceptors (Lipinski definition) is 18. The zero-order chi connectivity index (χ0) is 60.3. The van der Waals surface area contributed by atoms with Crippen LogP contribution < -0.4 is 31.4 Å². The Morgan fingerprint density at radius 3 is 1.25 bits per heavy atom. The number of nitrogens with two attached hydrogens (primary N) is 3. The predicted molar refractivity (Wildman–Crippen MR) is 313 cm³/mol. The third kappa shape index (κ3) is 14.8. The van der Waals surface area contributed by atoms with Crippen molar-refractivity contribution in [1.82, 2.24) is 0 Å². The topological polar surface area (TPSA) is 264 Å². The second kappa shape index (κ2) is 29.7. The van der Waals surface area contributed by atoms with Gasteiger partial charge in [-0.05, 0) is 81.5 Å². The molecule has 6 N–H and O–H groups in total. The van der Waals surface area contributed by atoms with E-state index in [2.05, 4.69) is 0 Å². The van der Waals surface area contributed by atoms with Crippen LogP contribution in [0, 0.1) is 0 Å². The van der Waals surface area contributed by atoms with Crippen LogP contribution in [0.1, 0.15) is 95.2 Å². The van der Waals surface area contributed by atoms with Gasteiger partial charge in [-0.1, -0.05) is 133 Å². The molecule has 0 amide bonds. The van der Waals surface area contributed by atoms with Gasteiger partial charge < -0.3 is 59.8 Å². The van der Waals surface area contributed by atoms with Crippen molar-refractivity contribution in [2.75, 3.05) is 39.6 Å². The van der Waals surface area contributed by atoms with Gasteiger partial charge in [-0.25, -0.2) is 14.4 Å². The average Bonchev–Trinajstić information content (AvgIpc) is 3.68. The maximum atomic E-state index is 12.6. The van der Waals surface area contributed by atoms with Crippen molar-refractivity contribution in [1.29, 1.82) is 0 Å². The maximum Gasteiger partial charge on any atom is 0.340 e. The minimum Gasteiger partial charge on any atom is -0.466 e. The van der Waals surface area contributed by atoms with Crippen LogP contribution in [-0.4, -0.2) is 75.5 Å².